The van der Waals surface area contributed by atoms with Gasteiger partial charge in [0.25, 0.3) is 0 Å². The number of hydrogen-bond acceptors (Lipinski definition) is 4. The fourth-order valence-corrected chi connectivity index (χ4v) is 2.25. The minimum absolute atomic E-state index is 0.192. The molecule has 1 heterocycles. The first kappa shape index (κ1) is 18.3. The number of methoxy groups -OCH3 is 1. The van der Waals surface area contributed by atoms with Gasteiger partial charge in [0, 0.05) is 13.1 Å². The summed E-state index contributed by atoms with van der Waals surface area (Å²) in [5, 5.41) is 2.66. The molecule has 0 radical (unpaired) electrons. The molecule has 0 bridgehead atoms. The molecule has 1 aromatic heterocycles. The molecule has 0 aliphatic heterocycles. The summed E-state index contributed by atoms with van der Waals surface area (Å²) in [5.74, 6) is 0.917. The minimum Gasteiger partial charge on any atom is -0.497 e. The van der Waals surface area contributed by atoms with Gasteiger partial charge < -0.3 is 19.4 Å². The first-order valence-corrected chi connectivity index (χ1v) is 7.89. The maximum absolute atomic E-state index is 12.3. The minimum atomic E-state index is -0.632. The van der Waals surface area contributed by atoms with Gasteiger partial charge in [-0.05, 0) is 42.8 Å². The number of benzene rings is 1. The van der Waals surface area contributed by atoms with Gasteiger partial charge in [0.05, 0.1) is 19.9 Å². The number of nitrogens with zero attached hydrogens (tertiary/aromatic N) is 1. The van der Waals surface area contributed by atoms with Crippen LogP contribution < -0.4 is 10.1 Å². The molecule has 1 N–H and O–H groups in total. The van der Waals surface area contributed by atoms with E-state index in [-0.39, 0.29) is 11.8 Å². The Labute approximate surface area is 147 Å². The Hall–Kier alpha value is -3.02. The van der Waals surface area contributed by atoms with Crippen LogP contribution in [-0.4, -0.2) is 36.9 Å². The summed E-state index contributed by atoms with van der Waals surface area (Å²) in [6.45, 7) is 2.01. The molecule has 1 unspecified atom stereocenters. The fraction of sp³-hybridized carbons (Fsp3) is 0.263. The van der Waals surface area contributed by atoms with Crippen LogP contribution in [0, 0.1) is 0 Å². The van der Waals surface area contributed by atoms with Gasteiger partial charge in [0.1, 0.15) is 17.6 Å². The lowest BCUT2D eigenvalue weighted by Gasteiger charge is -2.20. The van der Waals surface area contributed by atoms with Crippen molar-refractivity contribution in [3.8, 4) is 5.75 Å². The molecule has 1 aromatic carbocycles. The first-order chi connectivity index (χ1) is 12.0. The van der Waals surface area contributed by atoms with Crippen LogP contribution >= 0.6 is 0 Å². The molecule has 0 aliphatic carbocycles. The lowest BCUT2D eigenvalue weighted by Crippen LogP contribution is -2.44. The van der Waals surface area contributed by atoms with Crippen molar-refractivity contribution in [2.75, 3.05) is 14.2 Å². The van der Waals surface area contributed by atoms with Crippen LogP contribution in [0.15, 0.2) is 53.2 Å². The monoisotopic (exact) mass is 342 g/mol. The van der Waals surface area contributed by atoms with E-state index in [0.29, 0.717) is 12.3 Å². The molecule has 2 aromatic rings. The molecule has 6 nitrogen and oxygen atoms in total. The number of hydrogen-bond donors (Lipinski definition) is 1. The molecule has 25 heavy (non-hydrogen) atoms. The highest BCUT2D eigenvalue weighted by atomic mass is 16.5. The van der Waals surface area contributed by atoms with Crippen LogP contribution in [0.5, 0.6) is 5.75 Å². The smallest absolute Gasteiger partial charge is 0.245 e. The summed E-state index contributed by atoms with van der Waals surface area (Å²) in [6.07, 6.45) is 4.64. The zero-order valence-electron chi connectivity index (χ0n) is 14.6. The summed E-state index contributed by atoms with van der Waals surface area (Å²) in [4.78, 5) is 25.8. The molecule has 0 fully saturated rings. The van der Waals surface area contributed by atoms with Gasteiger partial charge in [0.2, 0.25) is 11.8 Å². The predicted octanol–water partition coefficient (Wildman–Crippen LogP) is 2.46. The van der Waals surface area contributed by atoms with Crippen molar-refractivity contribution in [2.45, 2.75) is 19.5 Å². The van der Waals surface area contributed by atoms with Crippen molar-refractivity contribution in [3.05, 3.63) is 60.1 Å². The third kappa shape index (κ3) is 5.53. The van der Waals surface area contributed by atoms with Gasteiger partial charge in [-0.15, -0.1) is 0 Å². The van der Waals surface area contributed by atoms with E-state index in [2.05, 4.69) is 5.32 Å². The van der Waals surface area contributed by atoms with E-state index >= 15 is 0 Å². The van der Waals surface area contributed by atoms with Gasteiger partial charge in [0.15, 0.2) is 0 Å². The number of ether oxygens (including phenoxy) is 1. The summed E-state index contributed by atoms with van der Waals surface area (Å²) in [5.41, 5.74) is 0.866. The van der Waals surface area contributed by atoms with Crippen molar-refractivity contribution >= 4 is 17.9 Å². The summed E-state index contributed by atoms with van der Waals surface area (Å²) >= 11 is 0. The number of nitrogens with one attached hydrogen (secondary N) is 1. The molecule has 2 rings (SSSR count). The standard InChI is InChI=1S/C19H22N2O4/c1-14(19(23)21(2)13-17-5-4-12-25-17)20-18(22)11-8-15-6-9-16(24-3)10-7-15/h4-12,14H,13H2,1-3H3,(H,20,22). The molecule has 132 valence electrons. The Morgan fingerprint density at radius 3 is 2.60 bits per heavy atom. The Morgan fingerprint density at radius 2 is 2.00 bits per heavy atom. The topological polar surface area (TPSA) is 71.8 Å². The average molecular weight is 342 g/mol. The fourth-order valence-electron chi connectivity index (χ4n) is 2.25. The van der Waals surface area contributed by atoms with E-state index in [1.807, 2.05) is 24.3 Å². The lowest BCUT2D eigenvalue weighted by molar-refractivity contribution is -0.134. The Balaban J connectivity index is 1.85. The SMILES string of the molecule is COc1ccc(C=CC(=O)NC(C)C(=O)N(C)Cc2ccco2)cc1. The highest BCUT2D eigenvalue weighted by molar-refractivity contribution is 5.95. The van der Waals surface area contributed by atoms with Gasteiger partial charge >= 0.3 is 0 Å². The van der Waals surface area contributed by atoms with Crippen LogP contribution in [0.1, 0.15) is 18.2 Å². The van der Waals surface area contributed by atoms with Crippen LogP contribution in [0.25, 0.3) is 6.08 Å². The molecule has 1 atom stereocenters. The first-order valence-electron chi connectivity index (χ1n) is 7.89. The number of carbonyl (C=O) groups excluding carboxylic acids is 2. The molecular formula is C19H22N2O4. The Kier molecular flexibility index (Phi) is 6.39. The maximum Gasteiger partial charge on any atom is 0.245 e. The van der Waals surface area contributed by atoms with Gasteiger partial charge in [-0.1, -0.05) is 12.1 Å². The number of likely N-dealkylation sites (N-methyl/N-ethyl adjacent to an activating group) is 1. The third-order valence-corrected chi connectivity index (χ3v) is 3.62. The number of amides is 2. The number of rotatable bonds is 7. The van der Waals surface area contributed by atoms with Crippen molar-refractivity contribution in [1.29, 1.82) is 0 Å². The molecule has 6 heteroatoms. The van der Waals surface area contributed by atoms with E-state index < -0.39 is 6.04 Å². The predicted molar refractivity (Wildman–Crippen MR) is 94.8 cm³/mol. The molecule has 0 aliphatic rings. The van der Waals surface area contributed by atoms with Crippen LogP contribution in [0.3, 0.4) is 0 Å². The van der Waals surface area contributed by atoms with Crippen LogP contribution in [-0.2, 0) is 16.1 Å². The number of carbonyl (C=O) groups is 2. The normalized spacial score (nSPS) is 12.0. The zero-order chi connectivity index (χ0) is 18.2. The Morgan fingerprint density at radius 1 is 1.28 bits per heavy atom. The van der Waals surface area contributed by atoms with Crippen molar-refractivity contribution in [1.82, 2.24) is 10.2 Å². The second-order valence-electron chi connectivity index (χ2n) is 5.61. The number of furan rings is 1. The van der Waals surface area contributed by atoms with Gasteiger partial charge in [-0.2, -0.15) is 0 Å². The largest absolute Gasteiger partial charge is 0.497 e. The van der Waals surface area contributed by atoms with E-state index in [0.717, 1.165) is 11.3 Å². The molecule has 2 amide bonds. The van der Waals surface area contributed by atoms with E-state index in [1.54, 1.807) is 45.6 Å². The maximum atomic E-state index is 12.3. The average Bonchev–Trinajstić information content (AvgIpc) is 3.12. The van der Waals surface area contributed by atoms with Crippen LogP contribution in [0.4, 0.5) is 0 Å². The summed E-state index contributed by atoms with van der Waals surface area (Å²) in [6, 6.07) is 10.2. The summed E-state index contributed by atoms with van der Waals surface area (Å²) < 4.78 is 10.3. The second kappa shape index (κ2) is 8.73. The quantitative estimate of drug-likeness (QED) is 0.785. The highest BCUT2D eigenvalue weighted by Crippen LogP contribution is 2.12. The van der Waals surface area contributed by atoms with Gasteiger partial charge in [-0.25, -0.2) is 0 Å². The molecule has 0 saturated carbocycles. The van der Waals surface area contributed by atoms with E-state index in [1.165, 1.54) is 11.0 Å². The molecular weight excluding hydrogens is 320 g/mol. The van der Waals surface area contributed by atoms with Gasteiger partial charge in [-0.3, -0.25) is 9.59 Å². The van der Waals surface area contributed by atoms with E-state index in [9.17, 15) is 9.59 Å². The molecule has 0 spiro atoms. The summed E-state index contributed by atoms with van der Waals surface area (Å²) in [7, 11) is 3.26. The van der Waals surface area contributed by atoms with Crippen molar-refractivity contribution in [2.24, 2.45) is 0 Å². The zero-order valence-corrected chi connectivity index (χ0v) is 14.6. The second-order valence-corrected chi connectivity index (χ2v) is 5.61. The van der Waals surface area contributed by atoms with Crippen molar-refractivity contribution < 1.29 is 18.7 Å². The molecule has 0 saturated heterocycles. The van der Waals surface area contributed by atoms with Crippen LogP contribution in [0.2, 0.25) is 0 Å². The van der Waals surface area contributed by atoms with Crippen molar-refractivity contribution in [3.63, 3.8) is 0 Å². The van der Waals surface area contributed by atoms with E-state index in [4.69, 9.17) is 9.15 Å². The highest BCUT2D eigenvalue weighted by Gasteiger charge is 2.19. The lowest BCUT2D eigenvalue weighted by atomic mass is 10.2. The third-order valence-electron chi connectivity index (χ3n) is 3.62. The Bertz CT molecular complexity index is 720.